The Balaban J connectivity index is 3.45. The highest BCUT2D eigenvalue weighted by atomic mass is 16.6. The third kappa shape index (κ3) is 6.04. The van der Waals surface area contributed by atoms with E-state index in [0.29, 0.717) is 13.2 Å². The van der Waals surface area contributed by atoms with Crippen LogP contribution in [0.2, 0.25) is 0 Å². The molecule has 0 aromatic heterocycles. The van der Waals surface area contributed by atoms with E-state index >= 15 is 0 Å². The fourth-order valence-corrected chi connectivity index (χ4v) is 0.726. The Labute approximate surface area is 74.0 Å². The molecule has 12 heavy (non-hydrogen) atoms. The number of rotatable bonds is 6. The molecule has 0 saturated heterocycles. The minimum Gasteiger partial charge on any atom is -0.463 e. The maximum atomic E-state index is 10.5. The molecule has 0 aliphatic heterocycles. The minimum atomic E-state index is -0.252. The van der Waals surface area contributed by atoms with Crippen LogP contribution >= 0.6 is 0 Å². The maximum Gasteiger partial charge on any atom is 0.302 e. The summed E-state index contributed by atoms with van der Waals surface area (Å²) >= 11 is 0. The van der Waals surface area contributed by atoms with Crippen molar-refractivity contribution in [3.05, 3.63) is 6.42 Å². The first-order valence-corrected chi connectivity index (χ1v) is 4.23. The third-order valence-corrected chi connectivity index (χ3v) is 1.43. The average molecular weight is 173 g/mol. The van der Waals surface area contributed by atoms with Crippen LogP contribution in [-0.4, -0.2) is 25.3 Å². The molecule has 0 aliphatic rings. The summed E-state index contributed by atoms with van der Waals surface area (Å²) in [5.41, 5.74) is 0. The molecule has 0 amide bonds. The SMILES string of the molecule is C[CH+]COC(CC)COC(C)=O. The molecule has 3 heteroatoms. The van der Waals surface area contributed by atoms with Crippen molar-refractivity contribution < 1.29 is 14.3 Å². The number of esters is 1. The molecule has 1 unspecified atom stereocenters. The minimum absolute atomic E-state index is 0.0325. The van der Waals surface area contributed by atoms with Gasteiger partial charge >= 0.3 is 5.97 Å². The topological polar surface area (TPSA) is 35.5 Å². The standard InChI is InChI=1S/C9H17O3/c1-4-6-11-9(5-2)7-12-8(3)10/h4,9H,5-7H2,1-3H3/q+1. The van der Waals surface area contributed by atoms with Crippen molar-refractivity contribution in [2.24, 2.45) is 0 Å². The van der Waals surface area contributed by atoms with Crippen molar-refractivity contribution in [2.45, 2.75) is 33.3 Å². The molecule has 0 radical (unpaired) electrons. The third-order valence-electron chi connectivity index (χ3n) is 1.43. The van der Waals surface area contributed by atoms with Gasteiger partial charge in [0.1, 0.15) is 13.0 Å². The molecule has 0 heterocycles. The molecular weight excluding hydrogens is 156 g/mol. The first-order chi connectivity index (χ1) is 5.70. The van der Waals surface area contributed by atoms with Crippen LogP contribution < -0.4 is 0 Å². The lowest BCUT2D eigenvalue weighted by Gasteiger charge is -2.12. The predicted molar refractivity (Wildman–Crippen MR) is 46.6 cm³/mol. The number of carbonyl (C=O) groups excluding carboxylic acids is 1. The van der Waals surface area contributed by atoms with Crippen molar-refractivity contribution in [1.29, 1.82) is 0 Å². The van der Waals surface area contributed by atoms with E-state index in [1.807, 2.05) is 20.3 Å². The predicted octanol–water partition coefficient (Wildman–Crippen LogP) is 1.57. The van der Waals surface area contributed by atoms with Gasteiger partial charge in [-0.05, 0) is 6.42 Å². The van der Waals surface area contributed by atoms with Crippen LogP contribution in [0.1, 0.15) is 27.2 Å². The van der Waals surface area contributed by atoms with Crippen LogP contribution in [0.25, 0.3) is 0 Å². The Bertz CT molecular complexity index is 123. The Kier molecular flexibility index (Phi) is 6.57. The van der Waals surface area contributed by atoms with Crippen LogP contribution in [0, 0.1) is 6.42 Å². The molecule has 0 fully saturated rings. The Morgan fingerprint density at radius 1 is 1.58 bits per heavy atom. The summed E-state index contributed by atoms with van der Waals surface area (Å²) in [6.45, 7) is 6.31. The fourth-order valence-electron chi connectivity index (χ4n) is 0.726. The summed E-state index contributed by atoms with van der Waals surface area (Å²) in [6, 6.07) is 0. The second-order valence-corrected chi connectivity index (χ2v) is 2.57. The van der Waals surface area contributed by atoms with Crippen molar-refractivity contribution in [2.75, 3.05) is 13.2 Å². The first kappa shape index (κ1) is 11.3. The summed E-state index contributed by atoms with van der Waals surface area (Å²) in [7, 11) is 0. The second kappa shape index (κ2) is 6.98. The van der Waals surface area contributed by atoms with Crippen LogP contribution in [0.3, 0.4) is 0 Å². The van der Waals surface area contributed by atoms with Gasteiger partial charge in [-0.1, -0.05) is 6.92 Å². The number of hydrogen-bond acceptors (Lipinski definition) is 3. The summed E-state index contributed by atoms with van der Waals surface area (Å²) in [5, 5.41) is 0. The van der Waals surface area contributed by atoms with Crippen LogP contribution in [-0.2, 0) is 14.3 Å². The Morgan fingerprint density at radius 3 is 2.67 bits per heavy atom. The molecule has 0 spiro atoms. The molecule has 3 nitrogen and oxygen atoms in total. The smallest absolute Gasteiger partial charge is 0.302 e. The zero-order valence-corrected chi connectivity index (χ0v) is 8.00. The van der Waals surface area contributed by atoms with Gasteiger partial charge in [-0.2, -0.15) is 0 Å². The van der Waals surface area contributed by atoms with Crippen LogP contribution in [0.5, 0.6) is 0 Å². The summed E-state index contributed by atoms with van der Waals surface area (Å²) < 4.78 is 10.2. The van der Waals surface area contributed by atoms with Crippen molar-refractivity contribution in [3.63, 3.8) is 0 Å². The van der Waals surface area contributed by atoms with Crippen molar-refractivity contribution in [1.82, 2.24) is 0 Å². The largest absolute Gasteiger partial charge is 0.463 e. The quantitative estimate of drug-likeness (QED) is 0.452. The first-order valence-electron chi connectivity index (χ1n) is 4.23. The van der Waals surface area contributed by atoms with Gasteiger partial charge in [0.2, 0.25) is 0 Å². The molecule has 0 N–H and O–H groups in total. The normalized spacial score (nSPS) is 12.2. The highest BCUT2D eigenvalue weighted by Gasteiger charge is 2.09. The molecule has 0 aliphatic carbocycles. The van der Waals surface area contributed by atoms with Gasteiger partial charge in [0.15, 0.2) is 6.61 Å². The van der Waals surface area contributed by atoms with Gasteiger partial charge < -0.3 is 9.47 Å². The zero-order valence-electron chi connectivity index (χ0n) is 8.00. The lowest BCUT2D eigenvalue weighted by molar-refractivity contribution is -0.145. The lowest BCUT2D eigenvalue weighted by atomic mass is 10.3. The number of carbonyl (C=O) groups is 1. The summed E-state index contributed by atoms with van der Waals surface area (Å²) in [5.74, 6) is -0.252. The van der Waals surface area contributed by atoms with E-state index in [9.17, 15) is 4.79 Å². The van der Waals surface area contributed by atoms with E-state index in [2.05, 4.69) is 0 Å². The molecule has 0 bridgehead atoms. The van der Waals surface area contributed by atoms with Gasteiger partial charge in [-0.25, -0.2) is 0 Å². The van der Waals surface area contributed by atoms with E-state index in [1.165, 1.54) is 6.92 Å². The molecule has 70 valence electrons. The van der Waals surface area contributed by atoms with Gasteiger partial charge in [-0.15, -0.1) is 0 Å². The van der Waals surface area contributed by atoms with Crippen LogP contribution in [0.15, 0.2) is 0 Å². The highest BCUT2D eigenvalue weighted by molar-refractivity contribution is 5.65. The lowest BCUT2D eigenvalue weighted by Crippen LogP contribution is -2.21. The van der Waals surface area contributed by atoms with Gasteiger partial charge in [-0.3, -0.25) is 4.79 Å². The van der Waals surface area contributed by atoms with Gasteiger partial charge in [0.25, 0.3) is 0 Å². The van der Waals surface area contributed by atoms with E-state index in [4.69, 9.17) is 9.47 Å². The van der Waals surface area contributed by atoms with Gasteiger partial charge in [0.05, 0.1) is 13.0 Å². The number of hydrogen-bond donors (Lipinski definition) is 0. The zero-order chi connectivity index (χ0) is 9.40. The van der Waals surface area contributed by atoms with E-state index in [0.717, 1.165) is 6.42 Å². The highest BCUT2D eigenvalue weighted by Crippen LogP contribution is 1.99. The van der Waals surface area contributed by atoms with Crippen molar-refractivity contribution in [3.8, 4) is 0 Å². The van der Waals surface area contributed by atoms with E-state index in [-0.39, 0.29) is 12.1 Å². The molecule has 0 aromatic carbocycles. The Hall–Kier alpha value is -0.700. The Morgan fingerprint density at radius 2 is 2.25 bits per heavy atom. The van der Waals surface area contributed by atoms with Crippen LogP contribution in [0.4, 0.5) is 0 Å². The monoisotopic (exact) mass is 173 g/mol. The van der Waals surface area contributed by atoms with Gasteiger partial charge in [0, 0.05) is 6.92 Å². The average Bonchev–Trinajstić information content (AvgIpc) is 2.05. The molecular formula is C9H17O3+. The van der Waals surface area contributed by atoms with E-state index in [1.54, 1.807) is 0 Å². The van der Waals surface area contributed by atoms with Crippen molar-refractivity contribution >= 4 is 5.97 Å². The maximum absolute atomic E-state index is 10.5. The second-order valence-electron chi connectivity index (χ2n) is 2.57. The summed E-state index contributed by atoms with van der Waals surface area (Å²) in [6.07, 6.45) is 2.82. The summed E-state index contributed by atoms with van der Waals surface area (Å²) in [4.78, 5) is 10.5. The fraction of sp³-hybridized carbons (Fsp3) is 0.778. The molecule has 1 atom stereocenters. The van der Waals surface area contributed by atoms with E-state index < -0.39 is 0 Å². The molecule has 0 saturated carbocycles. The number of ether oxygens (including phenoxy) is 2. The molecule has 0 rings (SSSR count). The molecule has 0 aromatic rings.